The van der Waals surface area contributed by atoms with Crippen LogP contribution in [0, 0.1) is 11.8 Å². The van der Waals surface area contributed by atoms with Crippen molar-refractivity contribution in [2.75, 3.05) is 13.1 Å². The van der Waals surface area contributed by atoms with Crippen molar-refractivity contribution in [1.82, 2.24) is 9.88 Å². The third kappa shape index (κ3) is 3.72. The van der Waals surface area contributed by atoms with Crippen molar-refractivity contribution in [2.24, 2.45) is 11.8 Å². The summed E-state index contributed by atoms with van der Waals surface area (Å²) in [6.45, 7) is 15.0. The van der Waals surface area contributed by atoms with Gasteiger partial charge in [0.2, 0.25) is 0 Å². The minimum absolute atomic E-state index is 0.271. The van der Waals surface area contributed by atoms with Crippen molar-refractivity contribution in [3.63, 3.8) is 0 Å². The van der Waals surface area contributed by atoms with Gasteiger partial charge in [0.1, 0.15) is 8.24 Å². The maximum absolute atomic E-state index is 4.19. The fraction of sp³-hybridized carbons (Fsp3) is 1.00. The molecule has 0 aromatic carbocycles. The fourth-order valence-corrected chi connectivity index (χ4v) is 11.0. The highest BCUT2D eigenvalue weighted by Crippen LogP contribution is 2.55. The molecule has 4 unspecified atom stereocenters. The number of fused-ring (bicyclic) bond motifs is 1. The first-order valence-electron chi connectivity index (χ1n) is 10.4. The molecule has 0 radical (unpaired) electrons. The van der Waals surface area contributed by atoms with Crippen LogP contribution in [-0.4, -0.2) is 37.8 Å². The highest BCUT2D eigenvalue weighted by molar-refractivity contribution is 6.77. The first-order valence-corrected chi connectivity index (χ1v) is 13.2. The van der Waals surface area contributed by atoms with Gasteiger partial charge in [-0.2, -0.15) is 0 Å². The van der Waals surface area contributed by atoms with E-state index in [-0.39, 0.29) is 5.54 Å². The van der Waals surface area contributed by atoms with Crippen molar-refractivity contribution in [2.45, 2.75) is 102 Å². The fourth-order valence-electron chi connectivity index (χ4n) is 6.30. The first-order chi connectivity index (χ1) is 10.8. The van der Waals surface area contributed by atoms with E-state index in [1.165, 1.54) is 64.1 Å². The van der Waals surface area contributed by atoms with Crippen LogP contribution in [0.5, 0.6) is 0 Å². The lowest BCUT2D eigenvalue weighted by Crippen LogP contribution is -2.59. The Morgan fingerprint density at radius 1 is 1.00 bits per heavy atom. The standard InChI is InChI=1S/C20H40N2Si/c1-6-23(5,21-20(2,3)4)19-15-18(22-13-9-10-14-22)16-11-7-8-12-17(16)19/h16-19,21H,6-15H2,1-5H3/t16?,17?,18?,19?,23-/m0/s1. The van der Waals surface area contributed by atoms with E-state index >= 15 is 0 Å². The predicted molar refractivity (Wildman–Crippen MR) is 103 cm³/mol. The highest BCUT2D eigenvalue weighted by Gasteiger charge is 2.53. The summed E-state index contributed by atoms with van der Waals surface area (Å²) in [5.74, 6) is 2.05. The minimum atomic E-state index is -1.40. The summed E-state index contributed by atoms with van der Waals surface area (Å²) in [4.78, 5) is 7.08. The number of likely N-dealkylation sites (tertiary alicyclic amines) is 1. The van der Waals surface area contributed by atoms with E-state index in [2.05, 4.69) is 44.1 Å². The zero-order chi connectivity index (χ0) is 16.7. The van der Waals surface area contributed by atoms with Gasteiger partial charge in [0, 0.05) is 11.6 Å². The van der Waals surface area contributed by atoms with Crippen LogP contribution in [0.15, 0.2) is 0 Å². The molecule has 3 heteroatoms. The van der Waals surface area contributed by atoms with Gasteiger partial charge < -0.3 is 9.88 Å². The van der Waals surface area contributed by atoms with Crippen LogP contribution in [0.2, 0.25) is 18.1 Å². The molecule has 3 fully saturated rings. The monoisotopic (exact) mass is 336 g/mol. The number of rotatable bonds is 4. The summed E-state index contributed by atoms with van der Waals surface area (Å²) in [7, 11) is -1.40. The summed E-state index contributed by atoms with van der Waals surface area (Å²) in [5.41, 5.74) is 1.27. The minimum Gasteiger partial charge on any atom is -0.332 e. The summed E-state index contributed by atoms with van der Waals surface area (Å²) in [5, 5.41) is 0. The van der Waals surface area contributed by atoms with Crippen LogP contribution < -0.4 is 4.98 Å². The van der Waals surface area contributed by atoms with Crippen molar-refractivity contribution in [1.29, 1.82) is 0 Å². The Balaban J connectivity index is 1.82. The molecule has 0 aromatic heterocycles. The molecule has 1 aliphatic heterocycles. The Morgan fingerprint density at radius 3 is 2.17 bits per heavy atom. The number of hydrogen-bond donors (Lipinski definition) is 1. The van der Waals surface area contributed by atoms with Crippen molar-refractivity contribution < 1.29 is 0 Å². The van der Waals surface area contributed by atoms with E-state index in [1.807, 2.05) is 0 Å². The first kappa shape index (κ1) is 17.9. The van der Waals surface area contributed by atoms with Gasteiger partial charge in [-0.15, -0.1) is 0 Å². The molecular formula is C20H40N2Si. The van der Waals surface area contributed by atoms with Gasteiger partial charge in [-0.05, 0) is 83.0 Å². The molecule has 134 valence electrons. The molecule has 1 saturated heterocycles. The van der Waals surface area contributed by atoms with E-state index in [1.54, 1.807) is 0 Å². The van der Waals surface area contributed by atoms with Gasteiger partial charge in [0.25, 0.3) is 0 Å². The van der Waals surface area contributed by atoms with Gasteiger partial charge in [-0.25, -0.2) is 0 Å². The lowest BCUT2D eigenvalue weighted by molar-refractivity contribution is 0.148. The number of hydrogen-bond acceptors (Lipinski definition) is 2. The van der Waals surface area contributed by atoms with E-state index in [4.69, 9.17) is 0 Å². The average Bonchev–Trinajstić information content (AvgIpc) is 3.12. The SMILES string of the molecule is CC[Si@](C)(NC(C)(C)C)C1CC(N2CCCC2)C2CCCCC21. The summed E-state index contributed by atoms with van der Waals surface area (Å²) in [6.07, 6.45) is 10.4. The normalized spacial score (nSPS) is 38.5. The van der Waals surface area contributed by atoms with Crippen LogP contribution in [0.1, 0.15) is 72.6 Å². The molecule has 0 bridgehead atoms. The maximum Gasteiger partial charge on any atom is 0.126 e. The molecule has 5 atom stereocenters. The Hall–Kier alpha value is 0.137. The zero-order valence-corrected chi connectivity index (χ0v) is 17.3. The lowest BCUT2D eigenvalue weighted by atomic mass is 9.80. The smallest absolute Gasteiger partial charge is 0.126 e. The highest BCUT2D eigenvalue weighted by atomic mass is 28.3. The van der Waals surface area contributed by atoms with Crippen LogP contribution in [-0.2, 0) is 0 Å². The molecule has 0 spiro atoms. The average molecular weight is 337 g/mol. The second kappa shape index (κ2) is 6.80. The van der Waals surface area contributed by atoms with Crippen LogP contribution in [0.4, 0.5) is 0 Å². The molecule has 1 N–H and O–H groups in total. The molecule has 2 aliphatic carbocycles. The van der Waals surface area contributed by atoms with Gasteiger partial charge in [0.15, 0.2) is 0 Å². The Bertz CT molecular complexity index is 399. The molecule has 3 rings (SSSR count). The van der Waals surface area contributed by atoms with Crippen LogP contribution >= 0.6 is 0 Å². The van der Waals surface area contributed by atoms with Crippen LogP contribution in [0.25, 0.3) is 0 Å². The lowest BCUT2D eigenvalue weighted by Gasteiger charge is -2.43. The summed E-state index contributed by atoms with van der Waals surface area (Å²) in [6, 6.07) is 2.32. The van der Waals surface area contributed by atoms with E-state index in [9.17, 15) is 0 Å². The van der Waals surface area contributed by atoms with E-state index < -0.39 is 8.24 Å². The van der Waals surface area contributed by atoms with Crippen molar-refractivity contribution in [3.05, 3.63) is 0 Å². The quantitative estimate of drug-likeness (QED) is 0.726. The molecule has 2 nitrogen and oxygen atoms in total. The Morgan fingerprint density at radius 2 is 1.61 bits per heavy atom. The molecule has 2 saturated carbocycles. The Labute approximate surface area is 145 Å². The molecule has 1 heterocycles. The van der Waals surface area contributed by atoms with Crippen LogP contribution in [0.3, 0.4) is 0 Å². The van der Waals surface area contributed by atoms with Gasteiger partial charge in [-0.3, -0.25) is 0 Å². The Kier molecular flexibility index (Phi) is 5.31. The summed E-state index contributed by atoms with van der Waals surface area (Å²) < 4.78 is 0. The number of nitrogens with one attached hydrogen (secondary N) is 1. The topological polar surface area (TPSA) is 15.3 Å². The van der Waals surface area contributed by atoms with Gasteiger partial charge in [-0.1, -0.05) is 32.7 Å². The maximum atomic E-state index is 4.19. The van der Waals surface area contributed by atoms with E-state index in [0.29, 0.717) is 0 Å². The molecule has 23 heavy (non-hydrogen) atoms. The van der Waals surface area contributed by atoms with Crippen molar-refractivity contribution in [3.8, 4) is 0 Å². The molecule has 0 amide bonds. The third-order valence-corrected chi connectivity index (χ3v) is 12.3. The molecule has 0 aromatic rings. The summed E-state index contributed by atoms with van der Waals surface area (Å²) >= 11 is 0. The molecular weight excluding hydrogens is 296 g/mol. The third-order valence-electron chi connectivity index (χ3n) is 7.20. The second-order valence-electron chi connectivity index (χ2n) is 9.91. The molecule has 3 aliphatic rings. The van der Waals surface area contributed by atoms with Gasteiger partial charge in [0.05, 0.1) is 0 Å². The second-order valence-corrected chi connectivity index (χ2v) is 14.4. The largest absolute Gasteiger partial charge is 0.332 e. The predicted octanol–water partition coefficient (Wildman–Crippen LogP) is 5.01. The number of nitrogens with zero attached hydrogens (tertiary/aromatic N) is 1. The zero-order valence-electron chi connectivity index (χ0n) is 16.3. The van der Waals surface area contributed by atoms with E-state index in [0.717, 1.165) is 23.4 Å². The van der Waals surface area contributed by atoms with Gasteiger partial charge >= 0.3 is 0 Å². The van der Waals surface area contributed by atoms with Crippen molar-refractivity contribution >= 4 is 8.24 Å².